The molecule has 0 bridgehead atoms. The normalized spacial score (nSPS) is 20.2. The molecule has 0 aliphatic carbocycles. The molecular weight excluding hydrogens is 384 g/mol. The summed E-state index contributed by atoms with van der Waals surface area (Å²) in [6.07, 6.45) is 8.24. The minimum Gasteiger partial charge on any atom is -0.378 e. The van der Waals surface area contributed by atoms with E-state index < -0.39 is 0 Å². The Labute approximate surface area is 138 Å². The lowest BCUT2D eigenvalue weighted by atomic mass is 10.0. The third-order valence-corrected chi connectivity index (χ3v) is 4.73. The molecule has 1 aliphatic rings. The average Bonchev–Trinajstić information content (AvgIpc) is 2.91. The van der Waals surface area contributed by atoms with Crippen molar-refractivity contribution in [2.45, 2.75) is 51.2 Å². The molecule has 0 amide bonds. The van der Waals surface area contributed by atoms with Crippen molar-refractivity contribution in [2.75, 3.05) is 13.2 Å². The van der Waals surface area contributed by atoms with Gasteiger partial charge in [-0.1, -0.05) is 6.92 Å². The number of hydrogen-bond donors (Lipinski definition) is 1. The summed E-state index contributed by atoms with van der Waals surface area (Å²) in [6.45, 7) is 4.04. The fourth-order valence-electron chi connectivity index (χ4n) is 2.69. The van der Waals surface area contributed by atoms with E-state index in [2.05, 4.69) is 55.2 Å². The fraction of sp³-hybridized carbons (Fsp3) is 0.667. The molecule has 2 heterocycles. The summed E-state index contributed by atoms with van der Waals surface area (Å²) in [5.41, 5.74) is 1.10. The smallest absolute Gasteiger partial charge is 0.0715 e. The topological polar surface area (TPSA) is 34.1 Å². The summed E-state index contributed by atoms with van der Waals surface area (Å²) < 4.78 is 7.76. The molecule has 112 valence electrons. The highest BCUT2D eigenvalue weighted by Crippen LogP contribution is 2.28. The van der Waals surface area contributed by atoms with E-state index in [0.29, 0.717) is 12.1 Å². The first kappa shape index (κ1) is 16.4. The Bertz CT molecular complexity index is 422. The predicted molar refractivity (Wildman–Crippen MR) is 88.9 cm³/mol. The van der Waals surface area contributed by atoms with Gasteiger partial charge >= 0.3 is 0 Å². The number of nitrogens with one attached hydrogen (secondary N) is 1. The highest BCUT2D eigenvalue weighted by atomic mass is 79.9. The van der Waals surface area contributed by atoms with Crippen LogP contribution in [0.15, 0.2) is 21.2 Å². The molecule has 0 aromatic carbocycles. The third-order valence-electron chi connectivity index (χ3n) is 3.66. The van der Waals surface area contributed by atoms with Gasteiger partial charge in [-0.2, -0.15) is 0 Å². The zero-order chi connectivity index (χ0) is 14.4. The Morgan fingerprint density at radius 1 is 1.50 bits per heavy atom. The summed E-state index contributed by atoms with van der Waals surface area (Å²) >= 11 is 7.07. The van der Waals surface area contributed by atoms with Crippen LogP contribution in [0.2, 0.25) is 0 Å². The Morgan fingerprint density at radius 2 is 2.35 bits per heavy atom. The monoisotopic (exact) mass is 404 g/mol. The molecule has 2 rings (SSSR count). The number of ether oxygens (including phenoxy) is 1. The van der Waals surface area contributed by atoms with Crippen LogP contribution < -0.4 is 5.32 Å². The Morgan fingerprint density at radius 3 is 3.00 bits per heavy atom. The number of pyridine rings is 1. The predicted octanol–water partition coefficient (Wildman–Crippen LogP) is 4.61. The second kappa shape index (κ2) is 8.47. The highest BCUT2D eigenvalue weighted by Gasteiger charge is 2.18. The summed E-state index contributed by atoms with van der Waals surface area (Å²) in [4.78, 5) is 4.56. The lowest BCUT2D eigenvalue weighted by Gasteiger charge is -2.19. The average molecular weight is 406 g/mol. The van der Waals surface area contributed by atoms with Gasteiger partial charge in [0.2, 0.25) is 0 Å². The van der Waals surface area contributed by atoms with Crippen LogP contribution in [0.4, 0.5) is 0 Å². The molecule has 1 N–H and O–H groups in total. The quantitative estimate of drug-likeness (QED) is 0.719. The van der Waals surface area contributed by atoms with Crippen LogP contribution in [0, 0.1) is 0 Å². The maximum absolute atomic E-state index is 5.69. The SMILES string of the molecule is CCNC(CCCC1CCCO1)c1ncc(Br)cc1Br. The molecule has 1 aromatic rings. The number of rotatable bonds is 7. The molecule has 2 unspecified atom stereocenters. The number of halogens is 2. The van der Waals surface area contributed by atoms with Gasteiger partial charge in [-0.15, -0.1) is 0 Å². The van der Waals surface area contributed by atoms with E-state index in [4.69, 9.17) is 4.74 Å². The second-order valence-electron chi connectivity index (χ2n) is 5.20. The van der Waals surface area contributed by atoms with Crippen molar-refractivity contribution in [2.24, 2.45) is 0 Å². The van der Waals surface area contributed by atoms with Gasteiger partial charge in [0.25, 0.3) is 0 Å². The van der Waals surface area contributed by atoms with Gasteiger partial charge in [-0.05, 0) is 76.6 Å². The van der Waals surface area contributed by atoms with Crippen LogP contribution in [-0.2, 0) is 4.74 Å². The van der Waals surface area contributed by atoms with Crippen molar-refractivity contribution in [3.63, 3.8) is 0 Å². The first-order chi connectivity index (χ1) is 9.70. The molecule has 1 aliphatic heterocycles. The maximum Gasteiger partial charge on any atom is 0.0715 e. The van der Waals surface area contributed by atoms with Gasteiger partial charge in [0, 0.05) is 21.7 Å². The minimum absolute atomic E-state index is 0.309. The van der Waals surface area contributed by atoms with E-state index in [-0.39, 0.29) is 0 Å². The fourth-order valence-corrected chi connectivity index (χ4v) is 3.95. The van der Waals surface area contributed by atoms with E-state index in [9.17, 15) is 0 Å². The highest BCUT2D eigenvalue weighted by molar-refractivity contribution is 9.11. The first-order valence-electron chi connectivity index (χ1n) is 7.36. The summed E-state index contributed by atoms with van der Waals surface area (Å²) in [5.74, 6) is 0. The van der Waals surface area contributed by atoms with E-state index >= 15 is 0 Å². The van der Waals surface area contributed by atoms with Crippen LogP contribution in [-0.4, -0.2) is 24.2 Å². The molecule has 3 nitrogen and oxygen atoms in total. The van der Waals surface area contributed by atoms with Gasteiger partial charge < -0.3 is 10.1 Å². The number of aromatic nitrogens is 1. The minimum atomic E-state index is 0.309. The van der Waals surface area contributed by atoms with Crippen LogP contribution in [0.3, 0.4) is 0 Å². The first-order valence-corrected chi connectivity index (χ1v) is 8.95. The molecule has 0 saturated carbocycles. The molecular formula is C15H22Br2N2O. The van der Waals surface area contributed by atoms with Crippen molar-refractivity contribution in [3.05, 3.63) is 26.9 Å². The Balaban J connectivity index is 1.91. The van der Waals surface area contributed by atoms with Crippen molar-refractivity contribution < 1.29 is 4.74 Å². The van der Waals surface area contributed by atoms with E-state index in [1.807, 2.05) is 6.20 Å². The zero-order valence-corrected chi connectivity index (χ0v) is 15.0. The maximum atomic E-state index is 5.69. The molecule has 5 heteroatoms. The molecule has 1 saturated heterocycles. The van der Waals surface area contributed by atoms with Gasteiger partial charge in [0.05, 0.1) is 17.8 Å². The summed E-state index contributed by atoms with van der Waals surface area (Å²) in [5, 5.41) is 3.54. The zero-order valence-electron chi connectivity index (χ0n) is 11.9. The second-order valence-corrected chi connectivity index (χ2v) is 6.97. The van der Waals surface area contributed by atoms with Gasteiger partial charge in [0.15, 0.2) is 0 Å². The summed E-state index contributed by atoms with van der Waals surface area (Å²) in [7, 11) is 0. The van der Waals surface area contributed by atoms with Gasteiger partial charge in [0.1, 0.15) is 0 Å². The van der Waals surface area contributed by atoms with Crippen molar-refractivity contribution in [3.8, 4) is 0 Å². The van der Waals surface area contributed by atoms with Crippen LogP contribution in [0.5, 0.6) is 0 Å². The van der Waals surface area contributed by atoms with Crippen molar-refractivity contribution >= 4 is 31.9 Å². The molecule has 2 atom stereocenters. The van der Waals surface area contributed by atoms with Crippen LogP contribution >= 0.6 is 31.9 Å². The van der Waals surface area contributed by atoms with E-state index in [1.165, 1.54) is 19.3 Å². The van der Waals surface area contributed by atoms with Crippen molar-refractivity contribution in [1.82, 2.24) is 10.3 Å². The third kappa shape index (κ3) is 4.79. The van der Waals surface area contributed by atoms with Gasteiger partial charge in [-0.25, -0.2) is 0 Å². The van der Waals surface area contributed by atoms with Crippen LogP contribution in [0.1, 0.15) is 50.8 Å². The van der Waals surface area contributed by atoms with E-state index in [1.54, 1.807) is 0 Å². The molecule has 0 radical (unpaired) electrons. The lowest BCUT2D eigenvalue weighted by molar-refractivity contribution is 0.101. The standard InChI is InChI=1S/C15H22Br2N2O/c1-2-18-14(7-3-5-12-6-4-8-20-12)15-13(17)9-11(16)10-19-15/h9-10,12,14,18H,2-8H2,1H3. The van der Waals surface area contributed by atoms with Crippen LogP contribution in [0.25, 0.3) is 0 Å². The van der Waals surface area contributed by atoms with Crippen molar-refractivity contribution in [1.29, 1.82) is 0 Å². The molecule has 1 fully saturated rings. The van der Waals surface area contributed by atoms with E-state index in [0.717, 1.165) is 40.6 Å². The largest absolute Gasteiger partial charge is 0.378 e. The number of nitrogens with zero attached hydrogens (tertiary/aromatic N) is 1. The molecule has 0 spiro atoms. The molecule has 20 heavy (non-hydrogen) atoms. The number of hydrogen-bond acceptors (Lipinski definition) is 3. The summed E-state index contributed by atoms with van der Waals surface area (Å²) in [6, 6.07) is 2.37. The van der Waals surface area contributed by atoms with Gasteiger partial charge in [-0.3, -0.25) is 4.98 Å². The lowest BCUT2D eigenvalue weighted by Crippen LogP contribution is -2.22. The molecule has 1 aromatic heterocycles. The Hall–Kier alpha value is 0.0300. The Kier molecular flexibility index (Phi) is 6.94.